The highest BCUT2D eigenvalue weighted by molar-refractivity contribution is 5.72. The first-order valence-electron chi connectivity index (χ1n) is 5.92. The van der Waals surface area contributed by atoms with Crippen molar-refractivity contribution in [3.05, 3.63) is 29.6 Å². The zero-order valence-corrected chi connectivity index (χ0v) is 11.0. The van der Waals surface area contributed by atoms with Gasteiger partial charge in [-0.3, -0.25) is 0 Å². The van der Waals surface area contributed by atoms with Crippen molar-refractivity contribution in [2.75, 3.05) is 20.3 Å². The first-order chi connectivity index (χ1) is 9.04. The van der Waals surface area contributed by atoms with E-state index >= 15 is 0 Å². The van der Waals surface area contributed by atoms with Crippen LogP contribution in [0.25, 0.3) is 0 Å². The van der Waals surface area contributed by atoms with Gasteiger partial charge in [0.25, 0.3) is 0 Å². The summed E-state index contributed by atoms with van der Waals surface area (Å²) in [5.41, 5.74) is 0.754. The van der Waals surface area contributed by atoms with Crippen LogP contribution in [0.3, 0.4) is 0 Å². The van der Waals surface area contributed by atoms with Crippen LogP contribution in [0.4, 0.5) is 4.39 Å². The fourth-order valence-electron chi connectivity index (χ4n) is 1.40. The van der Waals surface area contributed by atoms with Gasteiger partial charge in [-0.05, 0) is 24.6 Å². The van der Waals surface area contributed by atoms with E-state index in [0.29, 0.717) is 19.7 Å². The summed E-state index contributed by atoms with van der Waals surface area (Å²) in [6.07, 6.45) is -1.08. The fraction of sp³-hybridized carbons (Fsp3) is 0.462. The Hall–Kier alpha value is -1.66. The van der Waals surface area contributed by atoms with Crippen LogP contribution in [0.2, 0.25) is 0 Å². The van der Waals surface area contributed by atoms with Crippen LogP contribution in [0.15, 0.2) is 18.2 Å². The number of ether oxygens (including phenoxy) is 2. The van der Waals surface area contributed by atoms with Crippen molar-refractivity contribution in [1.29, 1.82) is 0 Å². The molecule has 0 amide bonds. The molecular weight excluding hydrogens is 253 g/mol. The Morgan fingerprint density at radius 3 is 2.84 bits per heavy atom. The minimum Gasteiger partial charge on any atom is -0.479 e. The van der Waals surface area contributed by atoms with Gasteiger partial charge >= 0.3 is 5.97 Å². The molecule has 6 heteroatoms. The van der Waals surface area contributed by atoms with Crippen molar-refractivity contribution in [3.8, 4) is 5.75 Å². The predicted octanol–water partition coefficient (Wildman–Crippen LogP) is 1.41. The van der Waals surface area contributed by atoms with Gasteiger partial charge in [0.05, 0.1) is 6.61 Å². The number of benzene rings is 1. The van der Waals surface area contributed by atoms with Gasteiger partial charge in [0.2, 0.25) is 0 Å². The van der Waals surface area contributed by atoms with E-state index in [1.807, 2.05) is 0 Å². The molecule has 1 aromatic carbocycles. The number of halogens is 1. The Morgan fingerprint density at radius 2 is 2.26 bits per heavy atom. The lowest BCUT2D eigenvalue weighted by Crippen LogP contribution is -2.23. The van der Waals surface area contributed by atoms with Crippen LogP contribution < -0.4 is 10.1 Å². The minimum absolute atomic E-state index is 0.0597. The molecule has 0 aliphatic carbocycles. The van der Waals surface area contributed by atoms with Gasteiger partial charge in [-0.2, -0.15) is 0 Å². The van der Waals surface area contributed by atoms with E-state index in [-0.39, 0.29) is 5.75 Å². The number of rotatable bonds is 8. The summed E-state index contributed by atoms with van der Waals surface area (Å²) in [6.45, 7) is 3.11. The van der Waals surface area contributed by atoms with Gasteiger partial charge in [0.1, 0.15) is 0 Å². The van der Waals surface area contributed by atoms with Crippen LogP contribution in [-0.2, 0) is 16.1 Å². The molecule has 0 spiro atoms. The SMILES string of the molecule is COCCNCc1ccc(OC(C)C(=O)O)c(F)c1. The van der Waals surface area contributed by atoms with Gasteiger partial charge in [0.15, 0.2) is 17.7 Å². The molecule has 0 radical (unpaired) electrons. The summed E-state index contributed by atoms with van der Waals surface area (Å²) >= 11 is 0. The van der Waals surface area contributed by atoms with E-state index in [1.165, 1.54) is 19.1 Å². The molecule has 0 aliphatic heterocycles. The standard InChI is InChI=1S/C13H18FNO4/c1-9(13(16)17)19-12-4-3-10(7-11(12)14)8-15-5-6-18-2/h3-4,7,9,15H,5-6,8H2,1-2H3,(H,16,17). The molecule has 0 heterocycles. The molecule has 19 heavy (non-hydrogen) atoms. The molecule has 0 saturated carbocycles. The lowest BCUT2D eigenvalue weighted by Gasteiger charge is -2.12. The predicted molar refractivity (Wildman–Crippen MR) is 67.7 cm³/mol. The molecule has 1 aromatic rings. The summed E-state index contributed by atoms with van der Waals surface area (Å²) < 4.78 is 23.5. The summed E-state index contributed by atoms with van der Waals surface area (Å²) in [5, 5.41) is 11.8. The van der Waals surface area contributed by atoms with E-state index < -0.39 is 17.9 Å². The van der Waals surface area contributed by atoms with Crippen LogP contribution in [0.1, 0.15) is 12.5 Å². The molecule has 1 rings (SSSR count). The third-order valence-electron chi connectivity index (χ3n) is 2.46. The van der Waals surface area contributed by atoms with Crippen LogP contribution in [0.5, 0.6) is 5.75 Å². The Morgan fingerprint density at radius 1 is 1.53 bits per heavy atom. The number of carbonyl (C=O) groups is 1. The van der Waals surface area contributed by atoms with Gasteiger partial charge in [-0.1, -0.05) is 6.07 Å². The molecular formula is C13H18FNO4. The first-order valence-corrected chi connectivity index (χ1v) is 5.92. The summed E-state index contributed by atoms with van der Waals surface area (Å²) in [7, 11) is 1.61. The number of hydrogen-bond acceptors (Lipinski definition) is 4. The second-order valence-electron chi connectivity index (χ2n) is 4.03. The van der Waals surface area contributed by atoms with E-state index in [1.54, 1.807) is 13.2 Å². The topological polar surface area (TPSA) is 67.8 Å². The van der Waals surface area contributed by atoms with Crippen molar-refractivity contribution >= 4 is 5.97 Å². The maximum atomic E-state index is 13.7. The zero-order chi connectivity index (χ0) is 14.3. The van der Waals surface area contributed by atoms with Crippen LogP contribution in [-0.4, -0.2) is 37.4 Å². The van der Waals surface area contributed by atoms with Crippen molar-refractivity contribution in [2.45, 2.75) is 19.6 Å². The molecule has 2 N–H and O–H groups in total. The molecule has 5 nitrogen and oxygen atoms in total. The second kappa shape index (κ2) is 7.70. The second-order valence-corrected chi connectivity index (χ2v) is 4.03. The molecule has 1 unspecified atom stereocenters. The quantitative estimate of drug-likeness (QED) is 0.700. The zero-order valence-electron chi connectivity index (χ0n) is 11.0. The smallest absolute Gasteiger partial charge is 0.344 e. The molecule has 0 aromatic heterocycles. The first kappa shape index (κ1) is 15.4. The van der Waals surface area contributed by atoms with Gasteiger partial charge < -0.3 is 19.9 Å². The number of carboxylic acids is 1. The minimum atomic E-state index is -1.13. The number of hydrogen-bond donors (Lipinski definition) is 2. The third-order valence-corrected chi connectivity index (χ3v) is 2.46. The van der Waals surface area contributed by atoms with E-state index in [2.05, 4.69) is 5.32 Å². The Bertz CT molecular complexity index is 425. The molecule has 0 bridgehead atoms. The van der Waals surface area contributed by atoms with E-state index in [0.717, 1.165) is 5.56 Å². The normalized spacial score (nSPS) is 12.2. The molecule has 0 saturated heterocycles. The number of methoxy groups -OCH3 is 1. The maximum absolute atomic E-state index is 13.7. The number of nitrogens with one attached hydrogen (secondary N) is 1. The highest BCUT2D eigenvalue weighted by Gasteiger charge is 2.15. The van der Waals surface area contributed by atoms with E-state index in [4.69, 9.17) is 14.6 Å². The van der Waals surface area contributed by atoms with Crippen molar-refractivity contribution in [1.82, 2.24) is 5.32 Å². The Labute approximate surface area is 111 Å². The van der Waals surface area contributed by atoms with Crippen molar-refractivity contribution < 1.29 is 23.8 Å². The molecule has 0 aliphatic rings. The lowest BCUT2D eigenvalue weighted by molar-refractivity contribution is -0.144. The Kier molecular flexibility index (Phi) is 6.24. The monoisotopic (exact) mass is 271 g/mol. The highest BCUT2D eigenvalue weighted by Crippen LogP contribution is 2.19. The number of carboxylic acid groups (broad SMARTS) is 1. The van der Waals surface area contributed by atoms with E-state index in [9.17, 15) is 9.18 Å². The highest BCUT2D eigenvalue weighted by atomic mass is 19.1. The van der Waals surface area contributed by atoms with Gasteiger partial charge in [0, 0.05) is 20.2 Å². The summed E-state index contributed by atoms with van der Waals surface area (Å²) in [5.74, 6) is -1.76. The third kappa shape index (κ3) is 5.23. The summed E-state index contributed by atoms with van der Waals surface area (Å²) in [4.78, 5) is 10.6. The molecule has 106 valence electrons. The van der Waals surface area contributed by atoms with Crippen molar-refractivity contribution in [3.63, 3.8) is 0 Å². The van der Waals surface area contributed by atoms with Crippen molar-refractivity contribution in [2.24, 2.45) is 0 Å². The maximum Gasteiger partial charge on any atom is 0.344 e. The van der Waals surface area contributed by atoms with Crippen LogP contribution in [0, 0.1) is 5.82 Å². The Balaban J connectivity index is 2.56. The molecule has 0 fully saturated rings. The lowest BCUT2D eigenvalue weighted by atomic mass is 10.2. The fourth-order valence-corrected chi connectivity index (χ4v) is 1.40. The van der Waals surface area contributed by atoms with Gasteiger partial charge in [-0.25, -0.2) is 9.18 Å². The van der Waals surface area contributed by atoms with Gasteiger partial charge in [-0.15, -0.1) is 0 Å². The number of aliphatic carboxylic acids is 1. The average molecular weight is 271 g/mol. The molecule has 1 atom stereocenters. The average Bonchev–Trinajstić information content (AvgIpc) is 2.37. The summed E-state index contributed by atoms with van der Waals surface area (Å²) in [6, 6.07) is 4.44. The largest absolute Gasteiger partial charge is 0.479 e. The van der Waals surface area contributed by atoms with Crippen LogP contribution >= 0.6 is 0 Å².